The second kappa shape index (κ2) is 10.1. The molecule has 0 aromatic carbocycles. The van der Waals surface area contributed by atoms with Crippen LogP contribution in [-0.4, -0.2) is 84.9 Å². The number of nitrogens with zero attached hydrogens (tertiary/aromatic N) is 3. The number of amides is 1. The van der Waals surface area contributed by atoms with Gasteiger partial charge in [0.15, 0.2) is 5.96 Å². The van der Waals surface area contributed by atoms with Gasteiger partial charge in [0.1, 0.15) is 0 Å². The van der Waals surface area contributed by atoms with Crippen LogP contribution in [0, 0.1) is 5.92 Å². The average molecular weight is 369 g/mol. The van der Waals surface area contributed by atoms with E-state index in [0.29, 0.717) is 32.6 Å². The number of morpholine rings is 1. The summed E-state index contributed by atoms with van der Waals surface area (Å²) in [4.78, 5) is 21.5. The molecule has 0 radical (unpaired) electrons. The van der Waals surface area contributed by atoms with Gasteiger partial charge in [-0.2, -0.15) is 0 Å². The largest absolute Gasteiger partial charge is 0.388 e. The predicted molar refractivity (Wildman–Crippen MR) is 103 cm³/mol. The Bertz CT molecular complexity index is 465. The number of nitrogens with one attached hydrogen (secondary N) is 1. The molecule has 0 aromatic rings. The van der Waals surface area contributed by atoms with Gasteiger partial charge in [-0.1, -0.05) is 13.8 Å². The maximum Gasteiger partial charge on any atom is 0.225 e. The number of aliphatic imine (C=N–C) groups is 1. The molecule has 2 fully saturated rings. The first kappa shape index (κ1) is 21.0. The Kier molecular flexibility index (Phi) is 8.15. The summed E-state index contributed by atoms with van der Waals surface area (Å²) in [5.41, 5.74) is -0.731. The molecule has 0 aliphatic carbocycles. The Morgan fingerprint density at radius 2 is 1.73 bits per heavy atom. The molecule has 2 saturated heterocycles. The lowest BCUT2D eigenvalue weighted by Gasteiger charge is -2.37. The molecule has 2 aliphatic rings. The zero-order valence-electron chi connectivity index (χ0n) is 16.7. The van der Waals surface area contributed by atoms with Crippen LogP contribution < -0.4 is 5.32 Å². The van der Waals surface area contributed by atoms with E-state index in [1.54, 1.807) is 0 Å². The summed E-state index contributed by atoms with van der Waals surface area (Å²) < 4.78 is 5.34. The van der Waals surface area contributed by atoms with E-state index in [1.807, 2.05) is 18.7 Å². The second-order valence-corrected chi connectivity index (χ2v) is 7.30. The summed E-state index contributed by atoms with van der Waals surface area (Å²) in [6, 6.07) is 0. The van der Waals surface area contributed by atoms with E-state index >= 15 is 0 Å². The molecule has 0 aromatic heterocycles. The molecular weight excluding hydrogens is 332 g/mol. The van der Waals surface area contributed by atoms with Gasteiger partial charge in [0.25, 0.3) is 0 Å². The lowest BCUT2D eigenvalue weighted by Crippen LogP contribution is -2.50. The van der Waals surface area contributed by atoms with Gasteiger partial charge in [-0.25, -0.2) is 0 Å². The second-order valence-electron chi connectivity index (χ2n) is 7.30. The normalized spacial score (nSPS) is 20.4. The molecule has 1 amide bonds. The van der Waals surface area contributed by atoms with E-state index in [2.05, 4.69) is 22.1 Å². The summed E-state index contributed by atoms with van der Waals surface area (Å²) in [7, 11) is 0. The molecule has 26 heavy (non-hydrogen) atoms. The number of rotatable bonds is 6. The molecule has 7 heteroatoms. The van der Waals surface area contributed by atoms with Crippen molar-refractivity contribution in [2.75, 3.05) is 52.5 Å². The molecule has 0 spiro atoms. The van der Waals surface area contributed by atoms with Gasteiger partial charge >= 0.3 is 0 Å². The molecule has 0 bridgehead atoms. The Morgan fingerprint density at radius 1 is 1.12 bits per heavy atom. The van der Waals surface area contributed by atoms with Crippen molar-refractivity contribution in [3.05, 3.63) is 0 Å². The van der Waals surface area contributed by atoms with Crippen LogP contribution in [0.3, 0.4) is 0 Å². The van der Waals surface area contributed by atoms with Crippen molar-refractivity contribution in [3.63, 3.8) is 0 Å². The highest BCUT2D eigenvalue weighted by Gasteiger charge is 2.30. The third kappa shape index (κ3) is 5.58. The zero-order chi connectivity index (χ0) is 19.0. The van der Waals surface area contributed by atoms with Crippen molar-refractivity contribution < 1.29 is 14.6 Å². The van der Waals surface area contributed by atoms with E-state index in [1.165, 1.54) is 0 Å². The molecule has 2 heterocycles. The molecular formula is C19H36N4O3. The van der Waals surface area contributed by atoms with Gasteiger partial charge in [0.05, 0.1) is 25.4 Å². The Labute approximate surface area is 157 Å². The number of carbonyl (C=O) groups excluding carboxylic acids is 1. The summed E-state index contributed by atoms with van der Waals surface area (Å²) in [5.74, 6) is 1.24. The van der Waals surface area contributed by atoms with Crippen molar-refractivity contribution in [3.8, 4) is 0 Å². The molecule has 0 unspecified atom stereocenters. The fourth-order valence-corrected chi connectivity index (χ4v) is 3.50. The minimum Gasteiger partial charge on any atom is -0.388 e. The molecule has 0 saturated carbocycles. The number of guanidine groups is 1. The number of piperidine rings is 1. The lowest BCUT2D eigenvalue weighted by molar-refractivity contribution is -0.140. The average Bonchev–Trinajstić information content (AvgIpc) is 2.71. The van der Waals surface area contributed by atoms with Gasteiger partial charge in [0.2, 0.25) is 5.91 Å². The number of aliphatic hydroxyl groups is 1. The molecule has 2 aliphatic heterocycles. The standard InChI is InChI=1S/C19H36N4O3/c1-4-19(25,5-2)15-21-18(20-6-3)23-9-7-16(8-10-23)17(24)22-11-13-26-14-12-22/h16,25H,4-15H2,1-3H3,(H,20,21). The van der Waals surface area contributed by atoms with Gasteiger partial charge in [-0.3, -0.25) is 9.79 Å². The van der Waals surface area contributed by atoms with Gasteiger partial charge in [-0.05, 0) is 32.6 Å². The number of hydrogen-bond acceptors (Lipinski definition) is 4. The van der Waals surface area contributed by atoms with E-state index in [-0.39, 0.29) is 11.8 Å². The maximum absolute atomic E-state index is 12.7. The van der Waals surface area contributed by atoms with Gasteiger partial charge in [-0.15, -0.1) is 0 Å². The number of ether oxygens (including phenoxy) is 1. The Hall–Kier alpha value is -1.34. The van der Waals surface area contributed by atoms with E-state index in [9.17, 15) is 9.90 Å². The van der Waals surface area contributed by atoms with Crippen molar-refractivity contribution >= 4 is 11.9 Å². The Morgan fingerprint density at radius 3 is 2.27 bits per heavy atom. The first-order valence-electron chi connectivity index (χ1n) is 10.1. The van der Waals surface area contributed by atoms with Gasteiger partial charge in [0, 0.05) is 38.6 Å². The summed E-state index contributed by atoms with van der Waals surface area (Å²) in [5, 5.41) is 13.8. The third-order valence-corrected chi connectivity index (χ3v) is 5.64. The number of hydrogen-bond donors (Lipinski definition) is 2. The van der Waals surface area contributed by atoms with Crippen LogP contribution in [0.4, 0.5) is 0 Å². The number of likely N-dealkylation sites (tertiary alicyclic amines) is 1. The molecule has 2 N–H and O–H groups in total. The first-order valence-corrected chi connectivity index (χ1v) is 10.1. The fraction of sp³-hybridized carbons (Fsp3) is 0.895. The minimum atomic E-state index is -0.731. The maximum atomic E-state index is 12.7. The molecule has 2 rings (SSSR count). The van der Waals surface area contributed by atoms with Crippen LogP contribution in [-0.2, 0) is 9.53 Å². The van der Waals surface area contributed by atoms with Crippen LogP contribution in [0.2, 0.25) is 0 Å². The van der Waals surface area contributed by atoms with Crippen LogP contribution in [0.15, 0.2) is 4.99 Å². The van der Waals surface area contributed by atoms with Crippen LogP contribution >= 0.6 is 0 Å². The monoisotopic (exact) mass is 368 g/mol. The van der Waals surface area contributed by atoms with E-state index in [0.717, 1.165) is 51.5 Å². The third-order valence-electron chi connectivity index (χ3n) is 5.64. The topological polar surface area (TPSA) is 77.4 Å². The lowest BCUT2D eigenvalue weighted by atomic mass is 9.95. The quantitative estimate of drug-likeness (QED) is 0.542. The van der Waals surface area contributed by atoms with E-state index < -0.39 is 5.60 Å². The minimum absolute atomic E-state index is 0.107. The number of carbonyl (C=O) groups is 1. The summed E-state index contributed by atoms with van der Waals surface area (Å²) in [6.45, 7) is 11.6. The van der Waals surface area contributed by atoms with Crippen molar-refractivity contribution in [2.45, 2.75) is 52.1 Å². The highest BCUT2D eigenvalue weighted by Crippen LogP contribution is 2.21. The van der Waals surface area contributed by atoms with Crippen LogP contribution in [0.1, 0.15) is 46.5 Å². The molecule has 7 nitrogen and oxygen atoms in total. The van der Waals surface area contributed by atoms with Crippen molar-refractivity contribution in [1.29, 1.82) is 0 Å². The highest BCUT2D eigenvalue weighted by molar-refractivity contribution is 5.82. The summed E-state index contributed by atoms with van der Waals surface area (Å²) in [6.07, 6.45) is 3.10. The van der Waals surface area contributed by atoms with Crippen molar-refractivity contribution in [1.82, 2.24) is 15.1 Å². The smallest absolute Gasteiger partial charge is 0.225 e. The van der Waals surface area contributed by atoms with Crippen LogP contribution in [0.25, 0.3) is 0 Å². The molecule has 150 valence electrons. The first-order chi connectivity index (χ1) is 12.5. The van der Waals surface area contributed by atoms with Crippen molar-refractivity contribution in [2.24, 2.45) is 10.9 Å². The predicted octanol–water partition coefficient (Wildman–Crippen LogP) is 1.07. The van der Waals surface area contributed by atoms with E-state index in [4.69, 9.17) is 4.74 Å². The molecule has 0 atom stereocenters. The van der Waals surface area contributed by atoms with Crippen LogP contribution in [0.5, 0.6) is 0 Å². The fourth-order valence-electron chi connectivity index (χ4n) is 3.50. The highest BCUT2D eigenvalue weighted by atomic mass is 16.5. The summed E-state index contributed by atoms with van der Waals surface area (Å²) >= 11 is 0. The zero-order valence-corrected chi connectivity index (χ0v) is 16.7. The van der Waals surface area contributed by atoms with Gasteiger partial charge < -0.3 is 25.0 Å². The Balaban J connectivity index is 1.91. The SMILES string of the molecule is CCNC(=NCC(O)(CC)CC)N1CCC(C(=O)N2CCOCC2)CC1.